The van der Waals surface area contributed by atoms with Gasteiger partial charge in [0.2, 0.25) is 5.91 Å². The van der Waals surface area contributed by atoms with Crippen LogP contribution in [0.15, 0.2) is 114 Å². The van der Waals surface area contributed by atoms with Crippen molar-refractivity contribution in [3.8, 4) is 0 Å². The van der Waals surface area contributed by atoms with Gasteiger partial charge in [0.25, 0.3) is 11.8 Å². The van der Waals surface area contributed by atoms with Crippen LogP contribution >= 0.6 is 23.4 Å². The quantitative estimate of drug-likeness (QED) is 0.212. The van der Waals surface area contributed by atoms with E-state index in [1.54, 1.807) is 24.3 Å². The van der Waals surface area contributed by atoms with Crippen LogP contribution in [0.3, 0.4) is 0 Å². The van der Waals surface area contributed by atoms with Gasteiger partial charge in [0.1, 0.15) is 18.3 Å². The van der Waals surface area contributed by atoms with Crippen LogP contribution in [0.25, 0.3) is 10.9 Å². The molecule has 0 fully saturated rings. The Morgan fingerprint density at radius 2 is 1.60 bits per heavy atom. The lowest BCUT2D eigenvalue weighted by Crippen LogP contribution is -2.52. The number of amides is 3. The molecule has 3 N–H and O–H groups in total. The number of nitrogens with zero attached hydrogens (tertiary/aromatic N) is 1. The predicted octanol–water partition coefficient (Wildman–Crippen LogP) is 6.12. The molecule has 2 heterocycles. The summed E-state index contributed by atoms with van der Waals surface area (Å²) >= 11 is 7.84. The highest BCUT2D eigenvalue weighted by molar-refractivity contribution is 7.99. The van der Waals surface area contributed by atoms with Gasteiger partial charge in [-0.05, 0) is 41.5 Å². The first-order valence-electron chi connectivity index (χ1n) is 13.5. The summed E-state index contributed by atoms with van der Waals surface area (Å²) in [5.41, 5.74) is 3.54. The van der Waals surface area contributed by atoms with E-state index >= 15 is 0 Å². The van der Waals surface area contributed by atoms with E-state index in [0.717, 1.165) is 26.9 Å². The Morgan fingerprint density at radius 3 is 2.36 bits per heavy atom. The average Bonchev–Trinajstić information content (AvgIpc) is 3.42. The van der Waals surface area contributed by atoms with Crippen LogP contribution in [0.5, 0.6) is 0 Å². The number of rotatable bonds is 7. The van der Waals surface area contributed by atoms with E-state index in [2.05, 4.69) is 15.6 Å². The third kappa shape index (κ3) is 5.91. The molecule has 0 spiro atoms. The van der Waals surface area contributed by atoms with Gasteiger partial charge in [0.05, 0.1) is 10.9 Å². The molecule has 2 atom stereocenters. The summed E-state index contributed by atoms with van der Waals surface area (Å²) in [6.45, 7) is 0.109. The number of aromatic nitrogens is 1. The minimum Gasteiger partial charge on any atom is -0.351 e. The van der Waals surface area contributed by atoms with E-state index in [0.29, 0.717) is 22.9 Å². The minimum atomic E-state index is -0.982. The third-order valence-corrected chi connectivity index (χ3v) is 8.74. The number of hydrogen-bond acceptors (Lipinski definition) is 4. The maximum absolute atomic E-state index is 14.4. The Hall–Kier alpha value is -4.53. The van der Waals surface area contributed by atoms with Crippen LogP contribution in [0, 0.1) is 0 Å². The van der Waals surface area contributed by atoms with E-state index in [4.69, 9.17) is 11.6 Å². The zero-order valence-electron chi connectivity index (χ0n) is 22.4. The van der Waals surface area contributed by atoms with Gasteiger partial charge in [-0.2, -0.15) is 0 Å². The predicted molar refractivity (Wildman–Crippen MR) is 167 cm³/mol. The molecule has 3 amide bonds. The van der Waals surface area contributed by atoms with Crippen LogP contribution in [0.4, 0.5) is 5.69 Å². The van der Waals surface area contributed by atoms with E-state index in [9.17, 15) is 14.4 Å². The summed E-state index contributed by atoms with van der Waals surface area (Å²) in [5, 5.41) is 6.82. The second-order valence-corrected chi connectivity index (χ2v) is 11.6. The second-order valence-electron chi connectivity index (χ2n) is 9.97. The SMILES string of the molecule is O=C(CN1C(=O)[C@@H](NC(=O)c2cc3ccccc3[nH]2)[C@@H](c2ccccc2)Sc2cc(Cl)ccc21)NCc1ccccc1. The van der Waals surface area contributed by atoms with Crippen LogP contribution < -0.4 is 15.5 Å². The van der Waals surface area contributed by atoms with Crippen molar-refractivity contribution >= 4 is 57.7 Å². The molecular weight excluding hydrogens is 568 g/mol. The van der Waals surface area contributed by atoms with Crippen molar-refractivity contribution in [2.24, 2.45) is 0 Å². The number of nitrogens with one attached hydrogen (secondary N) is 3. The number of H-pyrrole nitrogens is 1. The van der Waals surface area contributed by atoms with Gasteiger partial charge in [-0.1, -0.05) is 90.5 Å². The summed E-state index contributed by atoms with van der Waals surface area (Å²) in [6, 6.07) is 32.7. The zero-order valence-corrected chi connectivity index (χ0v) is 24.0. The Labute approximate surface area is 252 Å². The van der Waals surface area contributed by atoms with Gasteiger partial charge in [0, 0.05) is 27.4 Å². The van der Waals surface area contributed by atoms with Crippen molar-refractivity contribution in [1.29, 1.82) is 0 Å². The van der Waals surface area contributed by atoms with E-state index < -0.39 is 23.1 Å². The summed E-state index contributed by atoms with van der Waals surface area (Å²) in [5.74, 6) is -1.13. The lowest BCUT2D eigenvalue weighted by Gasteiger charge is -2.28. The number of para-hydroxylation sites is 1. The van der Waals surface area contributed by atoms with Crippen molar-refractivity contribution in [3.63, 3.8) is 0 Å². The number of benzene rings is 4. The highest BCUT2D eigenvalue weighted by Gasteiger charge is 2.40. The number of halogens is 1. The van der Waals surface area contributed by atoms with Crippen molar-refractivity contribution in [2.45, 2.75) is 22.7 Å². The van der Waals surface area contributed by atoms with Crippen LogP contribution in [-0.4, -0.2) is 35.3 Å². The number of fused-ring (bicyclic) bond motifs is 2. The van der Waals surface area contributed by atoms with Crippen LogP contribution in [0.1, 0.15) is 26.9 Å². The molecule has 7 nitrogen and oxygen atoms in total. The van der Waals surface area contributed by atoms with Gasteiger partial charge in [-0.25, -0.2) is 0 Å². The van der Waals surface area contributed by atoms with Crippen molar-refractivity contribution < 1.29 is 14.4 Å². The first kappa shape index (κ1) is 27.6. The normalized spacial score (nSPS) is 16.5. The number of carbonyl (C=O) groups excluding carboxylic acids is 3. The zero-order chi connectivity index (χ0) is 29.1. The largest absolute Gasteiger partial charge is 0.351 e. The molecule has 0 saturated heterocycles. The standard InChI is InChI=1S/C33H27ClN4O3S/c34-24-15-16-27-28(18-24)42-31(22-11-5-2-6-12-22)30(37-32(40)26-17-23-13-7-8-14-25(23)36-26)33(41)38(27)20-29(39)35-19-21-9-3-1-4-10-21/h1-18,30-31,36H,19-20H2,(H,35,39)(H,37,40)/t30-,31+/m0/s1. The number of carbonyl (C=O) groups is 3. The van der Waals surface area contributed by atoms with Crippen LogP contribution in [-0.2, 0) is 16.1 Å². The van der Waals surface area contributed by atoms with E-state index in [1.807, 2.05) is 84.9 Å². The van der Waals surface area contributed by atoms with Gasteiger partial charge in [0.15, 0.2) is 0 Å². The molecule has 6 rings (SSSR count). The molecule has 9 heteroatoms. The maximum atomic E-state index is 14.4. The molecule has 42 heavy (non-hydrogen) atoms. The van der Waals surface area contributed by atoms with Crippen molar-refractivity contribution in [3.05, 3.63) is 131 Å². The Kier molecular flexibility index (Phi) is 7.99. The van der Waals surface area contributed by atoms with Gasteiger partial charge < -0.3 is 20.5 Å². The monoisotopic (exact) mass is 594 g/mol. The van der Waals surface area contributed by atoms with E-state index in [-0.39, 0.29) is 12.5 Å². The smallest absolute Gasteiger partial charge is 0.268 e. The van der Waals surface area contributed by atoms with Crippen molar-refractivity contribution in [1.82, 2.24) is 15.6 Å². The number of aromatic amines is 1. The molecule has 4 aromatic carbocycles. The first-order valence-corrected chi connectivity index (χ1v) is 14.7. The molecule has 210 valence electrons. The molecule has 1 aromatic heterocycles. The number of hydrogen-bond donors (Lipinski definition) is 3. The second kappa shape index (κ2) is 12.1. The lowest BCUT2D eigenvalue weighted by atomic mass is 10.0. The molecule has 1 aliphatic rings. The highest BCUT2D eigenvalue weighted by atomic mass is 35.5. The Bertz CT molecular complexity index is 1730. The number of anilines is 1. The number of thioether (sulfide) groups is 1. The Balaban J connectivity index is 1.35. The van der Waals surface area contributed by atoms with E-state index in [1.165, 1.54) is 16.7 Å². The molecule has 0 aliphatic carbocycles. The van der Waals surface area contributed by atoms with Gasteiger partial charge in [-0.15, -0.1) is 11.8 Å². The summed E-state index contributed by atoms with van der Waals surface area (Å²) in [6.07, 6.45) is 0. The average molecular weight is 595 g/mol. The Morgan fingerprint density at radius 1 is 0.881 bits per heavy atom. The first-order chi connectivity index (χ1) is 20.5. The topological polar surface area (TPSA) is 94.3 Å². The molecule has 0 bridgehead atoms. The van der Waals surface area contributed by atoms with Gasteiger partial charge >= 0.3 is 0 Å². The molecule has 0 unspecified atom stereocenters. The minimum absolute atomic E-state index is 0.221. The molecule has 0 saturated carbocycles. The van der Waals surface area contributed by atoms with Crippen LogP contribution in [0.2, 0.25) is 5.02 Å². The maximum Gasteiger partial charge on any atom is 0.268 e. The molecule has 5 aromatic rings. The highest BCUT2D eigenvalue weighted by Crippen LogP contribution is 2.46. The summed E-state index contributed by atoms with van der Waals surface area (Å²) < 4.78 is 0. The fourth-order valence-electron chi connectivity index (χ4n) is 5.04. The third-order valence-electron chi connectivity index (χ3n) is 7.12. The fourth-order valence-corrected chi connectivity index (χ4v) is 6.66. The molecule has 1 aliphatic heterocycles. The van der Waals surface area contributed by atoms with Crippen molar-refractivity contribution in [2.75, 3.05) is 11.4 Å². The molecule has 0 radical (unpaired) electrons. The lowest BCUT2D eigenvalue weighted by molar-refractivity contribution is -0.124. The summed E-state index contributed by atoms with van der Waals surface area (Å²) in [4.78, 5) is 46.5. The summed E-state index contributed by atoms with van der Waals surface area (Å²) in [7, 11) is 0. The van der Waals surface area contributed by atoms with Gasteiger partial charge in [-0.3, -0.25) is 14.4 Å². The fraction of sp³-hybridized carbons (Fsp3) is 0.121. The molecular formula is C33H27ClN4O3S.